The van der Waals surface area contributed by atoms with Crippen LogP contribution < -0.4 is 0 Å². The Labute approximate surface area is 69.5 Å². The van der Waals surface area contributed by atoms with Crippen molar-refractivity contribution in [3.05, 3.63) is 12.2 Å². The lowest BCUT2D eigenvalue weighted by Gasteiger charge is -2.02. The molecule has 0 aliphatic carbocycles. The van der Waals surface area contributed by atoms with Crippen molar-refractivity contribution in [2.45, 2.75) is 20.0 Å². The van der Waals surface area contributed by atoms with Crippen LogP contribution in [0.1, 0.15) is 13.8 Å². The van der Waals surface area contributed by atoms with E-state index in [1.165, 1.54) is 0 Å². The highest BCUT2D eigenvalue weighted by Crippen LogP contribution is 1.90. The Morgan fingerprint density at radius 3 is 2.33 bits per heavy atom. The SMILES string of the molecule is CC(C)OOC(=O)/C=C/C(=O)O. The Kier molecular flexibility index (Phi) is 4.71. The van der Waals surface area contributed by atoms with Gasteiger partial charge in [-0.1, -0.05) is 0 Å². The number of rotatable bonds is 4. The van der Waals surface area contributed by atoms with Crippen molar-refractivity contribution in [1.29, 1.82) is 0 Å². The molecule has 0 unspecified atom stereocenters. The molecular formula is C7H10O5. The summed E-state index contributed by atoms with van der Waals surface area (Å²) in [5, 5.41) is 8.10. The molecule has 0 atom stereocenters. The summed E-state index contributed by atoms with van der Waals surface area (Å²) in [5.74, 6) is -2.05. The molecule has 12 heavy (non-hydrogen) atoms. The predicted molar refractivity (Wildman–Crippen MR) is 39.1 cm³/mol. The predicted octanol–water partition coefficient (Wildman–Crippen LogP) is 0.510. The standard InChI is InChI=1S/C7H10O5/c1-5(2)11-12-7(10)4-3-6(8)9/h3-5H,1-2H3,(H,8,9)/b4-3+. The number of carboxylic acid groups (broad SMARTS) is 1. The Bertz CT molecular complexity index is 194. The van der Waals surface area contributed by atoms with Crippen molar-refractivity contribution in [1.82, 2.24) is 0 Å². The molecule has 68 valence electrons. The molecular weight excluding hydrogens is 164 g/mol. The molecule has 0 aliphatic heterocycles. The smallest absolute Gasteiger partial charge is 0.366 e. The first-order valence-electron chi connectivity index (χ1n) is 3.30. The maximum atomic E-state index is 10.6. The van der Waals surface area contributed by atoms with Gasteiger partial charge in [0.15, 0.2) is 0 Å². The fourth-order valence-corrected chi connectivity index (χ4v) is 0.311. The molecule has 0 rings (SSSR count). The summed E-state index contributed by atoms with van der Waals surface area (Å²) < 4.78 is 0. The Hall–Kier alpha value is -1.36. The lowest BCUT2D eigenvalue weighted by molar-refractivity contribution is -0.286. The van der Waals surface area contributed by atoms with Crippen LogP contribution in [-0.2, 0) is 19.4 Å². The first kappa shape index (κ1) is 10.6. The summed E-state index contributed by atoms with van der Waals surface area (Å²) in [7, 11) is 0. The third kappa shape index (κ3) is 6.76. The van der Waals surface area contributed by atoms with Gasteiger partial charge >= 0.3 is 11.9 Å². The molecule has 0 amide bonds. The van der Waals surface area contributed by atoms with Crippen LogP contribution in [0.15, 0.2) is 12.2 Å². The largest absolute Gasteiger partial charge is 0.478 e. The van der Waals surface area contributed by atoms with Crippen molar-refractivity contribution in [3.63, 3.8) is 0 Å². The van der Waals surface area contributed by atoms with E-state index < -0.39 is 11.9 Å². The van der Waals surface area contributed by atoms with E-state index in [9.17, 15) is 9.59 Å². The second-order valence-corrected chi connectivity index (χ2v) is 2.22. The van der Waals surface area contributed by atoms with Crippen LogP contribution in [0.3, 0.4) is 0 Å². The van der Waals surface area contributed by atoms with Crippen LogP contribution in [0.5, 0.6) is 0 Å². The zero-order valence-electron chi connectivity index (χ0n) is 6.81. The zero-order valence-corrected chi connectivity index (χ0v) is 6.81. The summed E-state index contributed by atoms with van der Waals surface area (Å²) in [6.45, 7) is 3.35. The van der Waals surface area contributed by atoms with Crippen molar-refractivity contribution >= 4 is 11.9 Å². The molecule has 0 aromatic heterocycles. The molecule has 0 fully saturated rings. The van der Waals surface area contributed by atoms with E-state index in [2.05, 4.69) is 9.78 Å². The highest BCUT2D eigenvalue weighted by atomic mass is 17.2. The summed E-state index contributed by atoms with van der Waals surface area (Å²) >= 11 is 0. The van der Waals surface area contributed by atoms with Gasteiger partial charge < -0.3 is 5.11 Å². The molecule has 0 bridgehead atoms. The second kappa shape index (κ2) is 5.31. The van der Waals surface area contributed by atoms with Gasteiger partial charge in [-0.3, -0.25) is 4.89 Å². The third-order valence-corrected chi connectivity index (χ3v) is 0.685. The van der Waals surface area contributed by atoms with E-state index in [1.807, 2.05) is 0 Å². The summed E-state index contributed by atoms with van der Waals surface area (Å²) in [6.07, 6.45) is 1.20. The van der Waals surface area contributed by atoms with E-state index in [4.69, 9.17) is 5.11 Å². The van der Waals surface area contributed by atoms with Crippen molar-refractivity contribution in [2.24, 2.45) is 0 Å². The van der Waals surface area contributed by atoms with E-state index in [0.717, 1.165) is 6.08 Å². The fourth-order valence-electron chi connectivity index (χ4n) is 0.311. The van der Waals surface area contributed by atoms with Gasteiger partial charge in [0.1, 0.15) is 0 Å². The maximum absolute atomic E-state index is 10.6. The Morgan fingerprint density at radius 2 is 1.92 bits per heavy atom. The summed E-state index contributed by atoms with van der Waals surface area (Å²) in [4.78, 5) is 29.1. The minimum Gasteiger partial charge on any atom is -0.478 e. The van der Waals surface area contributed by atoms with Crippen LogP contribution in [0.4, 0.5) is 0 Å². The molecule has 5 nitrogen and oxygen atoms in total. The van der Waals surface area contributed by atoms with Crippen molar-refractivity contribution in [2.75, 3.05) is 0 Å². The van der Waals surface area contributed by atoms with Gasteiger partial charge in [0, 0.05) is 12.2 Å². The number of carboxylic acids is 1. The van der Waals surface area contributed by atoms with Gasteiger partial charge in [-0.15, -0.1) is 0 Å². The lowest BCUT2D eigenvalue weighted by atomic mass is 10.5. The van der Waals surface area contributed by atoms with Crippen molar-refractivity contribution in [3.8, 4) is 0 Å². The number of carbonyl (C=O) groups is 2. The van der Waals surface area contributed by atoms with Crippen LogP contribution in [0, 0.1) is 0 Å². The topological polar surface area (TPSA) is 72.8 Å². The summed E-state index contributed by atoms with van der Waals surface area (Å²) in [5.41, 5.74) is 0. The first-order valence-corrected chi connectivity index (χ1v) is 3.30. The van der Waals surface area contributed by atoms with E-state index in [1.54, 1.807) is 13.8 Å². The lowest BCUT2D eigenvalue weighted by Crippen LogP contribution is -2.08. The number of hydrogen-bond donors (Lipinski definition) is 1. The highest BCUT2D eigenvalue weighted by Gasteiger charge is 2.00. The van der Waals surface area contributed by atoms with Gasteiger partial charge in [-0.05, 0) is 13.8 Å². The summed E-state index contributed by atoms with van der Waals surface area (Å²) in [6, 6.07) is 0. The number of hydrogen-bond acceptors (Lipinski definition) is 4. The average Bonchev–Trinajstić information content (AvgIpc) is 1.96. The van der Waals surface area contributed by atoms with Crippen molar-refractivity contribution < 1.29 is 24.5 Å². The molecule has 0 radical (unpaired) electrons. The molecule has 0 aliphatic rings. The normalized spacial score (nSPS) is 10.6. The Morgan fingerprint density at radius 1 is 1.33 bits per heavy atom. The molecule has 0 aromatic rings. The molecule has 0 aromatic carbocycles. The fraction of sp³-hybridized carbons (Fsp3) is 0.429. The van der Waals surface area contributed by atoms with Crippen LogP contribution in [0.2, 0.25) is 0 Å². The van der Waals surface area contributed by atoms with Crippen LogP contribution in [-0.4, -0.2) is 23.1 Å². The van der Waals surface area contributed by atoms with Gasteiger partial charge in [0.25, 0.3) is 0 Å². The maximum Gasteiger partial charge on any atom is 0.366 e. The van der Waals surface area contributed by atoms with Gasteiger partial charge in [0.05, 0.1) is 6.10 Å². The van der Waals surface area contributed by atoms with E-state index in [0.29, 0.717) is 6.08 Å². The van der Waals surface area contributed by atoms with Crippen LogP contribution in [0.25, 0.3) is 0 Å². The van der Waals surface area contributed by atoms with E-state index >= 15 is 0 Å². The number of carbonyl (C=O) groups excluding carboxylic acids is 1. The van der Waals surface area contributed by atoms with Crippen LogP contribution >= 0.6 is 0 Å². The third-order valence-electron chi connectivity index (χ3n) is 0.685. The van der Waals surface area contributed by atoms with Gasteiger partial charge in [-0.2, -0.15) is 4.89 Å². The molecule has 0 spiro atoms. The van der Waals surface area contributed by atoms with Gasteiger partial charge in [-0.25, -0.2) is 9.59 Å². The molecule has 0 saturated heterocycles. The Balaban J connectivity index is 3.67. The minimum atomic E-state index is -1.21. The first-order chi connectivity index (χ1) is 5.52. The zero-order chi connectivity index (χ0) is 9.56. The van der Waals surface area contributed by atoms with E-state index in [-0.39, 0.29) is 6.10 Å². The molecule has 5 heteroatoms. The average molecular weight is 174 g/mol. The van der Waals surface area contributed by atoms with Gasteiger partial charge in [0.2, 0.25) is 0 Å². The monoisotopic (exact) mass is 174 g/mol. The molecule has 0 heterocycles. The highest BCUT2D eigenvalue weighted by molar-refractivity contribution is 5.90. The minimum absolute atomic E-state index is 0.243. The molecule has 1 N–H and O–H groups in total. The number of aliphatic carboxylic acids is 1. The quantitative estimate of drug-likeness (QED) is 0.382. The second-order valence-electron chi connectivity index (χ2n) is 2.22. The molecule has 0 saturated carbocycles.